The Morgan fingerprint density at radius 1 is 1.04 bits per heavy atom. The molecule has 0 atom stereocenters. The third kappa shape index (κ3) is 6.27. The Morgan fingerprint density at radius 3 is 2.43 bits per heavy atom. The Balaban J connectivity index is 1.86. The standard InChI is InChI=1S/C21H25BrN2O4/c1-5-27-16-8-6-7-14(11-16)20(26)24-23-19(25)13-28-18-10-9-15(12-17(18)22)21(2,3)4/h6-12H,5,13H2,1-4H3,(H,23,25)(H,24,26). The first kappa shape index (κ1) is 21.8. The Labute approximate surface area is 173 Å². The van der Waals surface area contributed by atoms with E-state index in [1.165, 1.54) is 0 Å². The number of hydrazine groups is 1. The van der Waals surface area contributed by atoms with Crippen LogP contribution >= 0.6 is 15.9 Å². The molecule has 0 heterocycles. The van der Waals surface area contributed by atoms with Gasteiger partial charge in [0.15, 0.2) is 6.61 Å². The fraction of sp³-hybridized carbons (Fsp3) is 0.333. The number of amides is 2. The van der Waals surface area contributed by atoms with E-state index in [4.69, 9.17) is 9.47 Å². The SMILES string of the molecule is CCOc1cccc(C(=O)NNC(=O)COc2ccc(C(C)(C)C)cc2Br)c1. The second kappa shape index (κ2) is 9.59. The van der Waals surface area contributed by atoms with E-state index in [1.54, 1.807) is 24.3 Å². The average molecular weight is 449 g/mol. The minimum atomic E-state index is -0.471. The van der Waals surface area contributed by atoms with Gasteiger partial charge in [-0.25, -0.2) is 0 Å². The Kier molecular flexibility index (Phi) is 7.45. The van der Waals surface area contributed by atoms with Crippen LogP contribution in [0.1, 0.15) is 43.6 Å². The summed E-state index contributed by atoms with van der Waals surface area (Å²) in [5, 5.41) is 0. The number of halogens is 1. The van der Waals surface area contributed by atoms with Crippen molar-refractivity contribution in [3.8, 4) is 11.5 Å². The van der Waals surface area contributed by atoms with Gasteiger partial charge in [-0.2, -0.15) is 0 Å². The smallest absolute Gasteiger partial charge is 0.276 e. The Hall–Kier alpha value is -2.54. The van der Waals surface area contributed by atoms with E-state index >= 15 is 0 Å². The molecule has 0 unspecified atom stereocenters. The lowest BCUT2D eigenvalue weighted by Crippen LogP contribution is -2.43. The summed E-state index contributed by atoms with van der Waals surface area (Å²) in [7, 11) is 0. The highest BCUT2D eigenvalue weighted by Crippen LogP contribution is 2.31. The number of carbonyl (C=O) groups excluding carboxylic acids is 2. The van der Waals surface area contributed by atoms with Gasteiger partial charge in [-0.1, -0.05) is 32.9 Å². The van der Waals surface area contributed by atoms with Crippen molar-refractivity contribution >= 4 is 27.7 Å². The molecule has 0 saturated heterocycles. The molecule has 2 aromatic carbocycles. The van der Waals surface area contributed by atoms with Crippen LogP contribution in [0, 0.1) is 0 Å². The van der Waals surface area contributed by atoms with Gasteiger partial charge in [0.25, 0.3) is 11.8 Å². The van der Waals surface area contributed by atoms with Crippen molar-refractivity contribution in [2.75, 3.05) is 13.2 Å². The Bertz CT molecular complexity index is 847. The lowest BCUT2D eigenvalue weighted by Gasteiger charge is -2.20. The van der Waals surface area contributed by atoms with Crippen LogP contribution in [0.4, 0.5) is 0 Å². The molecule has 0 fully saturated rings. The summed E-state index contributed by atoms with van der Waals surface area (Å²) in [6, 6.07) is 12.5. The first-order valence-corrected chi connectivity index (χ1v) is 9.75. The zero-order valence-electron chi connectivity index (χ0n) is 16.5. The fourth-order valence-corrected chi connectivity index (χ4v) is 2.85. The molecule has 2 amide bonds. The highest BCUT2D eigenvalue weighted by Gasteiger charge is 2.16. The summed E-state index contributed by atoms with van der Waals surface area (Å²) in [4.78, 5) is 24.1. The minimum absolute atomic E-state index is 0.0161. The van der Waals surface area contributed by atoms with Gasteiger partial charge in [0.1, 0.15) is 11.5 Å². The summed E-state index contributed by atoms with van der Waals surface area (Å²) in [6.45, 7) is 8.50. The highest BCUT2D eigenvalue weighted by molar-refractivity contribution is 9.10. The summed E-state index contributed by atoms with van der Waals surface area (Å²) in [5.74, 6) is 0.235. The molecule has 150 valence electrons. The van der Waals surface area contributed by atoms with E-state index in [9.17, 15) is 9.59 Å². The number of carbonyl (C=O) groups is 2. The summed E-state index contributed by atoms with van der Waals surface area (Å²) in [5.41, 5.74) is 6.25. The largest absolute Gasteiger partial charge is 0.494 e. The van der Waals surface area contributed by atoms with Gasteiger partial charge in [0.05, 0.1) is 11.1 Å². The second-order valence-electron chi connectivity index (χ2n) is 7.15. The van der Waals surface area contributed by atoms with Crippen LogP contribution < -0.4 is 20.3 Å². The molecular weight excluding hydrogens is 424 g/mol. The molecular formula is C21H25BrN2O4. The van der Waals surface area contributed by atoms with Gasteiger partial charge in [0, 0.05) is 5.56 Å². The molecule has 0 saturated carbocycles. The van der Waals surface area contributed by atoms with Crippen molar-refractivity contribution in [3.05, 3.63) is 58.1 Å². The molecule has 0 spiro atoms. The van der Waals surface area contributed by atoms with Gasteiger partial charge in [-0.15, -0.1) is 0 Å². The minimum Gasteiger partial charge on any atom is -0.494 e. The number of rotatable bonds is 6. The van der Waals surface area contributed by atoms with Crippen LogP contribution in [0.15, 0.2) is 46.9 Å². The third-order valence-electron chi connectivity index (χ3n) is 3.88. The summed E-state index contributed by atoms with van der Waals surface area (Å²) >= 11 is 3.46. The van der Waals surface area contributed by atoms with Gasteiger partial charge in [-0.05, 0) is 64.2 Å². The molecule has 0 bridgehead atoms. The quantitative estimate of drug-likeness (QED) is 0.655. The molecule has 7 heteroatoms. The number of nitrogens with one attached hydrogen (secondary N) is 2. The van der Waals surface area contributed by atoms with E-state index in [0.29, 0.717) is 23.7 Å². The highest BCUT2D eigenvalue weighted by atomic mass is 79.9. The van der Waals surface area contributed by atoms with Gasteiger partial charge < -0.3 is 9.47 Å². The van der Waals surface area contributed by atoms with Crippen LogP contribution in [0.2, 0.25) is 0 Å². The lowest BCUT2D eigenvalue weighted by atomic mass is 9.87. The zero-order valence-corrected chi connectivity index (χ0v) is 18.1. The molecule has 2 rings (SSSR count). The predicted molar refractivity (Wildman–Crippen MR) is 112 cm³/mol. The Morgan fingerprint density at radius 2 is 1.79 bits per heavy atom. The molecule has 0 aliphatic carbocycles. The number of ether oxygens (including phenoxy) is 2. The van der Waals surface area contributed by atoms with E-state index in [0.717, 1.165) is 10.0 Å². The summed E-state index contributed by atoms with van der Waals surface area (Å²) < 4.78 is 11.7. The molecule has 2 N–H and O–H groups in total. The first-order chi connectivity index (χ1) is 13.2. The van der Waals surface area contributed by atoms with Crippen molar-refractivity contribution in [1.82, 2.24) is 10.9 Å². The molecule has 2 aromatic rings. The number of hydrogen-bond acceptors (Lipinski definition) is 4. The lowest BCUT2D eigenvalue weighted by molar-refractivity contribution is -0.123. The van der Waals surface area contributed by atoms with Crippen molar-refractivity contribution < 1.29 is 19.1 Å². The molecule has 0 aliphatic rings. The van der Waals surface area contributed by atoms with Crippen LogP contribution in [0.3, 0.4) is 0 Å². The molecule has 6 nitrogen and oxygen atoms in total. The van der Waals surface area contributed by atoms with Crippen molar-refractivity contribution in [2.45, 2.75) is 33.1 Å². The topological polar surface area (TPSA) is 76.7 Å². The van der Waals surface area contributed by atoms with Crippen LogP contribution in [-0.2, 0) is 10.2 Å². The zero-order chi connectivity index (χ0) is 20.7. The first-order valence-electron chi connectivity index (χ1n) is 8.95. The average Bonchev–Trinajstić information content (AvgIpc) is 2.64. The van der Waals surface area contributed by atoms with Gasteiger partial charge in [0.2, 0.25) is 0 Å². The molecule has 0 radical (unpaired) electrons. The van der Waals surface area contributed by atoms with Crippen molar-refractivity contribution in [1.29, 1.82) is 0 Å². The fourth-order valence-electron chi connectivity index (χ4n) is 2.36. The maximum absolute atomic E-state index is 12.1. The normalized spacial score (nSPS) is 10.9. The van der Waals surface area contributed by atoms with Crippen LogP contribution in [0.25, 0.3) is 0 Å². The third-order valence-corrected chi connectivity index (χ3v) is 4.50. The van der Waals surface area contributed by atoms with Crippen molar-refractivity contribution in [3.63, 3.8) is 0 Å². The van der Waals surface area contributed by atoms with E-state index < -0.39 is 11.8 Å². The summed E-state index contributed by atoms with van der Waals surface area (Å²) in [6.07, 6.45) is 0. The van der Waals surface area contributed by atoms with Gasteiger partial charge >= 0.3 is 0 Å². The van der Waals surface area contributed by atoms with E-state index in [-0.39, 0.29) is 12.0 Å². The predicted octanol–water partition coefficient (Wildman–Crippen LogP) is 3.99. The molecule has 28 heavy (non-hydrogen) atoms. The van der Waals surface area contributed by atoms with E-state index in [1.807, 2.05) is 25.1 Å². The number of hydrogen-bond donors (Lipinski definition) is 2. The maximum Gasteiger partial charge on any atom is 0.276 e. The van der Waals surface area contributed by atoms with E-state index in [2.05, 4.69) is 47.6 Å². The van der Waals surface area contributed by atoms with Crippen molar-refractivity contribution in [2.24, 2.45) is 0 Å². The van der Waals surface area contributed by atoms with Gasteiger partial charge in [-0.3, -0.25) is 20.4 Å². The molecule has 0 aromatic heterocycles. The monoisotopic (exact) mass is 448 g/mol. The molecule has 0 aliphatic heterocycles. The van der Waals surface area contributed by atoms with Crippen LogP contribution in [0.5, 0.6) is 11.5 Å². The second-order valence-corrected chi connectivity index (χ2v) is 8.00. The van der Waals surface area contributed by atoms with Crippen LogP contribution in [-0.4, -0.2) is 25.0 Å². The maximum atomic E-state index is 12.1. The number of benzene rings is 2.